The summed E-state index contributed by atoms with van der Waals surface area (Å²) in [4.78, 5) is 0. The summed E-state index contributed by atoms with van der Waals surface area (Å²) in [7, 11) is 1.63. The van der Waals surface area contributed by atoms with Crippen LogP contribution in [0.2, 0.25) is 5.02 Å². The smallest absolute Gasteiger partial charge is 0.184 e. The summed E-state index contributed by atoms with van der Waals surface area (Å²) >= 11 is 10.9. The predicted octanol–water partition coefficient (Wildman–Crippen LogP) is 2.38. The van der Waals surface area contributed by atoms with Crippen molar-refractivity contribution in [2.75, 3.05) is 7.11 Å². The molecule has 2 aromatic rings. The van der Waals surface area contributed by atoms with Crippen LogP contribution >= 0.6 is 23.8 Å². The topological polar surface area (TPSA) is 77.5 Å². The van der Waals surface area contributed by atoms with Crippen molar-refractivity contribution in [2.24, 2.45) is 10.8 Å². The Labute approximate surface area is 145 Å². The van der Waals surface area contributed by atoms with Gasteiger partial charge in [-0.15, -0.1) is 0 Å². The van der Waals surface area contributed by atoms with Crippen LogP contribution in [0.3, 0.4) is 0 Å². The first-order valence-electron chi connectivity index (χ1n) is 6.87. The summed E-state index contributed by atoms with van der Waals surface area (Å²) in [5.74, 6) is 0.771. The summed E-state index contributed by atoms with van der Waals surface area (Å²) in [5.41, 5.74) is 11.4. The first kappa shape index (κ1) is 17.2. The SMILES string of the molecule is COc1ccc(/C=N/NC(N)=S)cc1Cn1nc(C)c(Cl)c1C. The second-order valence-electron chi connectivity index (χ2n) is 4.95. The van der Waals surface area contributed by atoms with Crippen LogP contribution in [0.5, 0.6) is 5.75 Å². The number of nitrogens with zero attached hydrogens (tertiary/aromatic N) is 3. The molecular formula is C15H18ClN5OS. The molecule has 2 rings (SSSR count). The summed E-state index contributed by atoms with van der Waals surface area (Å²) < 4.78 is 7.27. The summed E-state index contributed by atoms with van der Waals surface area (Å²) in [6.07, 6.45) is 1.64. The molecule has 6 nitrogen and oxygen atoms in total. The number of aryl methyl sites for hydroxylation is 1. The van der Waals surface area contributed by atoms with Crippen molar-refractivity contribution in [3.63, 3.8) is 0 Å². The molecule has 0 saturated heterocycles. The van der Waals surface area contributed by atoms with Crippen LogP contribution in [0.4, 0.5) is 0 Å². The fraction of sp³-hybridized carbons (Fsp3) is 0.267. The number of thiocarbonyl (C=S) groups is 1. The van der Waals surface area contributed by atoms with Gasteiger partial charge in [0.25, 0.3) is 0 Å². The van der Waals surface area contributed by atoms with E-state index in [2.05, 4.69) is 15.6 Å². The van der Waals surface area contributed by atoms with Gasteiger partial charge in [-0.25, -0.2) is 0 Å². The summed E-state index contributed by atoms with van der Waals surface area (Å²) in [6.45, 7) is 4.37. The lowest BCUT2D eigenvalue weighted by Gasteiger charge is -2.11. The Kier molecular flexibility index (Phi) is 5.57. The first-order valence-corrected chi connectivity index (χ1v) is 7.66. The monoisotopic (exact) mass is 351 g/mol. The average Bonchev–Trinajstić information content (AvgIpc) is 2.74. The molecule has 0 aliphatic heterocycles. The molecule has 0 unspecified atom stereocenters. The molecular weight excluding hydrogens is 334 g/mol. The van der Waals surface area contributed by atoms with E-state index in [1.54, 1.807) is 13.3 Å². The third-order valence-electron chi connectivity index (χ3n) is 3.31. The van der Waals surface area contributed by atoms with Crippen LogP contribution in [-0.4, -0.2) is 28.2 Å². The number of hydrogen-bond donors (Lipinski definition) is 2. The number of ether oxygens (including phenoxy) is 1. The minimum atomic E-state index is 0.118. The van der Waals surface area contributed by atoms with Crippen molar-refractivity contribution >= 4 is 35.1 Å². The van der Waals surface area contributed by atoms with Crippen LogP contribution < -0.4 is 15.9 Å². The number of hydrogen-bond acceptors (Lipinski definition) is 4. The number of benzene rings is 1. The quantitative estimate of drug-likeness (QED) is 0.491. The second kappa shape index (κ2) is 7.43. The zero-order valence-electron chi connectivity index (χ0n) is 13.1. The Bertz CT molecular complexity index is 757. The minimum absolute atomic E-state index is 0.118. The van der Waals surface area contributed by atoms with Gasteiger partial charge in [0.1, 0.15) is 5.75 Å². The molecule has 1 heterocycles. The molecule has 0 amide bonds. The standard InChI is InChI=1S/C15H18ClN5OS/c1-9-14(16)10(2)21(20-9)8-12-6-11(4-5-13(12)22-3)7-18-19-15(17)23/h4-7H,8H2,1-3H3,(H3,17,19,23)/b18-7+. The van der Waals surface area contributed by atoms with Gasteiger partial charge in [-0.2, -0.15) is 10.2 Å². The number of nitrogens with one attached hydrogen (secondary N) is 1. The van der Waals surface area contributed by atoms with E-state index in [4.69, 9.17) is 34.3 Å². The summed E-state index contributed by atoms with van der Waals surface area (Å²) in [5, 5.41) is 9.20. The molecule has 1 aromatic heterocycles. The number of nitrogens with two attached hydrogens (primary N) is 1. The maximum Gasteiger partial charge on any atom is 0.184 e. The highest BCUT2D eigenvalue weighted by atomic mass is 35.5. The van der Waals surface area contributed by atoms with Crippen LogP contribution in [0.25, 0.3) is 0 Å². The van der Waals surface area contributed by atoms with E-state index in [0.29, 0.717) is 11.6 Å². The number of methoxy groups -OCH3 is 1. The zero-order chi connectivity index (χ0) is 17.0. The van der Waals surface area contributed by atoms with Crippen LogP contribution in [0.15, 0.2) is 23.3 Å². The van der Waals surface area contributed by atoms with Gasteiger partial charge in [0.05, 0.1) is 36.3 Å². The Morgan fingerprint density at radius 2 is 2.26 bits per heavy atom. The third-order valence-corrected chi connectivity index (χ3v) is 3.94. The van der Waals surface area contributed by atoms with Gasteiger partial charge >= 0.3 is 0 Å². The van der Waals surface area contributed by atoms with Crippen LogP contribution in [0, 0.1) is 13.8 Å². The van der Waals surface area contributed by atoms with Crippen molar-refractivity contribution in [3.8, 4) is 5.75 Å². The van der Waals surface area contributed by atoms with E-state index < -0.39 is 0 Å². The van der Waals surface area contributed by atoms with E-state index in [-0.39, 0.29) is 5.11 Å². The highest BCUT2D eigenvalue weighted by Crippen LogP contribution is 2.24. The van der Waals surface area contributed by atoms with E-state index in [0.717, 1.165) is 28.3 Å². The van der Waals surface area contributed by atoms with Gasteiger partial charge in [-0.3, -0.25) is 10.1 Å². The molecule has 0 bridgehead atoms. The molecule has 122 valence electrons. The van der Waals surface area contributed by atoms with Crippen molar-refractivity contribution in [2.45, 2.75) is 20.4 Å². The normalized spacial score (nSPS) is 11.0. The molecule has 3 N–H and O–H groups in total. The molecule has 8 heteroatoms. The molecule has 1 aromatic carbocycles. The lowest BCUT2D eigenvalue weighted by atomic mass is 10.1. The van der Waals surface area contributed by atoms with Crippen LogP contribution in [-0.2, 0) is 6.54 Å². The van der Waals surface area contributed by atoms with Gasteiger partial charge in [0, 0.05) is 5.56 Å². The molecule has 0 aliphatic rings. The number of halogens is 1. The van der Waals surface area contributed by atoms with E-state index >= 15 is 0 Å². The van der Waals surface area contributed by atoms with Gasteiger partial charge in [-0.1, -0.05) is 11.6 Å². The largest absolute Gasteiger partial charge is 0.496 e. The Hall–Kier alpha value is -2.12. The lowest BCUT2D eigenvalue weighted by Crippen LogP contribution is -2.24. The maximum atomic E-state index is 6.20. The van der Waals surface area contributed by atoms with Gasteiger partial charge < -0.3 is 10.5 Å². The molecule has 0 aliphatic carbocycles. The highest BCUT2D eigenvalue weighted by Gasteiger charge is 2.12. The van der Waals surface area contributed by atoms with Crippen molar-refractivity contribution < 1.29 is 4.74 Å². The van der Waals surface area contributed by atoms with Crippen molar-refractivity contribution in [1.29, 1.82) is 0 Å². The van der Waals surface area contributed by atoms with Crippen LogP contribution in [0.1, 0.15) is 22.5 Å². The third kappa shape index (κ3) is 4.20. The fourth-order valence-electron chi connectivity index (χ4n) is 2.16. The molecule has 0 radical (unpaired) electrons. The number of rotatable bonds is 5. The molecule has 23 heavy (non-hydrogen) atoms. The molecule has 0 fully saturated rings. The minimum Gasteiger partial charge on any atom is -0.496 e. The van der Waals surface area contributed by atoms with Gasteiger partial charge in [-0.05, 0) is 49.8 Å². The van der Waals surface area contributed by atoms with Gasteiger partial charge in [0.15, 0.2) is 5.11 Å². The van der Waals surface area contributed by atoms with E-state index in [9.17, 15) is 0 Å². The van der Waals surface area contributed by atoms with E-state index in [1.165, 1.54) is 0 Å². The molecule has 0 saturated carbocycles. The predicted molar refractivity (Wildman–Crippen MR) is 96.3 cm³/mol. The first-order chi connectivity index (χ1) is 10.9. The Morgan fingerprint density at radius 1 is 1.52 bits per heavy atom. The second-order valence-corrected chi connectivity index (χ2v) is 5.77. The molecule has 0 spiro atoms. The highest BCUT2D eigenvalue weighted by molar-refractivity contribution is 7.80. The zero-order valence-corrected chi connectivity index (χ0v) is 14.7. The maximum absolute atomic E-state index is 6.20. The Balaban J connectivity index is 2.30. The fourth-order valence-corrected chi connectivity index (χ4v) is 2.35. The summed E-state index contributed by atoms with van der Waals surface area (Å²) in [6, 6.07) is 5.74. The Morgan fingerprint density at radius 3 is 2.83 bits per heavy atom. The van der Waals surface area contributed by atoms with E-state index in [1.807, 2.05) is 36.7 Å². The lowest BCUT2D eigenvalue weighted by molar-refractivity contribution is 0.407. The molecule has 0 atom stereocenters. The van der Waals surface area contributed by atoms with Crippen molar-refractivity contribution in [3.05, 3.63) is 45.7 Å². The number of aromatic nitrogens is 2. The van der Waals surface area contributed by atoms with Gasteiger partial charge in [0.2, 0.25) is 0 Å². The van der Waals surface area contributed by atoms with Crippen molar-refractivity contribution in [1.82, 2.24) is 15.2 Å². The average molecular weight is 352 g/mol. The number of hydrazone groups is 1.